The predicted octanol–water partition coefficient (Wildman–Crippen LogP) is 1.12. The number of hydrogen-bond donors (Lipinski definition) is 2. The minimum absolute atomic E-state index is 0.260. The van der Waals surface area contributed by atoms with Crippen LogP contribution in [0.1, 0.15) is 16.1 Å². The van der Waals surface area contributed by atoms with Crippen molar-refractivity contribution in [3.63, 3.8) is 0 Å². The fraction of sp³-hybridized carbons (Fsp3) is 0.0769. The molecular formula is C13H10N4O3. The lowest BCUT2D eigenvalue weighted by molar-refractivity contribution is 0.0695. The van der Waals surface area contributed by atoms with Crippen LogP contribution in [0.15, 0.2) is 35.4 Å². The Morgan fingerprint density at radius 1 is 1.40 bits per heavy atom. The Labute approximate surface area is 112 Å². The van der Waals surface area contributed by atoms with Crippen molar-refractivity contribution in [1.82, 2.24) is 19.7 Å². The van der Waals surface area contributed by atoms with Gasteiger partial charge in [-0.2, -0.15) is 9.78 Å². The van der Waals surface area contributed by atoms with Crippen molar-refractivity contribution < 1.29 is 9.90 Å². The smallest absolute Gasteiger partial charge is 0.341 e. The maximum Gasteiger partial charge on any atom is 0.341 e. The zero-order chi connectivity index (χ0) is 14.3. The van der Waals surface area contributed by atoms with Crippen molar-refractivity contribution in [2.45, 2.75) is 6.92 Å². The lowest BCUT2D eigenvalue weighted by Crippen LogP contribution is -2.15. The average Bonchev–Trinajstić information content (AvgIpc) is 2.78. The number of carbonyl (C=O) groups is 1. The zero-order valence-electron chi connectivity index (χ0n) is 10.5. The third kappa shape index (κ3) is 1.68. The number of carboxylic acid groups (broad SMARTS) is 1. The molecule has 0 aliphatic heterocycles. The second-order valence-corrected chi connectivity index (χ2v) is 4.25. The molecule has 0 saturated carbocycles. The van der Waals surface area contributed by atoms with Crippen molar-refractivity contribution in [3.8, 4) is 5.82 Å². The molecule has 0 atom stereocenters. The molecule has 100 valence electrons. The number of nitrogens with one attached hydrogen (secondary N) is 1. The Morgan fingerprint density at radius 3 is 2.85 bits per heavy atom. The van der Waals surface area contributed by atoms with E-state index >= 15 is 0 Å². The van der Waals surface area contributed by atoms with Crippen LogP contribution in [-0.4, -0.2) is 30.8 Å². The number of aryl methyl sites for hydroxylation is 1. The summed E-state index contributed by atoms with van der Waals surface area (Å²) in [4.78, 5) is 30.1. The molecule has 0 saturated heterocycles. The van der Waals surface area contributed by atoms with Gasteiger partial charge in [-0.1, -0.05) is 6.07 Å². The second-order valence-electron chi connectivity index (χ2n) is 4.25. The van der Waals surface area contributed by atoms with Crippen molar-refractivity contribution >= 4 is 17.0 Å². The lowest BCUT2D eigenvalue weighted by atomic mass is 10.2. The highest BCUT2D eigenvalue weighted by molar-refractivity contribution is 5.92. The maximum atomic E-state index is 12.2. The first-order chi connectivity index (χ1) is 9.59. The van der Waals surface area contributed by atoms with Gasteiger partial charge in [0, 0.05) is 12.4 Å². The van der Waals surface area contributed by atoms with Crippen LogP contribution in [0, 0.1) is 6.92 Å². The molecule has 0 fully saturated rings. The first-order valence-electron chi connectivity index (χ1n) is 5.85. The van der Waals surface area contributed by atoms with Gasteiger partial charge in [0.05, 0.1) is 11.1 Å². The molecule has 0 aliphatic carbocycles. The fourth-order valence-corrected chi connectivity index (χ4v) is 2.08. The van der Waals surface area contributed by atoms with Crippen molar-refractivity contribution in [1.29, 1.82) is 0 Å². The van der Waals surface area contributed by atoms with Gasteiger partial charge in [0.2, 0.25) is 5.43 Å². The van der Waals surface area contributed by atoms with E-state index in [2.05, 4.69) is 15.1 Å². The first-order valence-corrected chi connectivity index (χ1v) is 5.85. The van der Waals surface area contributed by atoms with E-state index < -0.39 is 11.4 Å². The summed E-state index contributed by atoms with van der Waals surface area (Å²) in [6.45, 7) is 1.66. The summed E-state index contributed by atoms with van der Waals surface area (Å²) in [6, 6.07) is 5.32. The van der Waals surface area contributed by atoms with Gasteiger partial charge < -0.3 is 10.1 Å². The minimum Gasteiger partial charge on any atom is -0.477 e. The number of hydrogen-bond acceptors (Lipinski definition) is 4. The van der Waals surface area contributed by atoms with Gasteiger partial charge in [-0.15, -0.1) is 0 Å². The number of H-pyrrole nitrogens is 1. The van der Waals surface area contributed by atoms with Crippen molar-refractivity contribution in [2.24, 2.45) is 0 Å². The summed E-state index contributed by atoms with van der Waals surface area (Å²) in [6.07, 6.45) is 2.79. The molecule has 20 heavy (non-hydrogen) atoms. The molecule has 3 aromatic heterocycles. The van der Waals surface area contributed by atoms with E-state index in [-0.39, 0.29) is 10.9 Å². The van der Waals surface area contributed by atoms with Crippen LogP contribution in [0.25, 0.3) is 16.9 Å². The molecule has 3 rings (SSSR count). The van der Waals surface area contributed by atoms with Crippen LogP contribution in [0.4, 0.5) is 0 Å². The van der Waals surface area contributed by atoms with Crippen LogP contribution in [0.3, 0.4) is 0 Å². The van der Waals surface area contributed by atoms with Crippen LogP contribution < -0.4 is 5.43 Å². The number of rotatable bonds is 2. The molecule has 0 aromatic carbocycles. The van der Waals surface area contributed by atoms with E-state index in [1.54, 1.807) is 31.3 Å². The number of fused-ring (bicyclic) bond motifs is 1. The molecular weight excluding hydrogens is 260 g/mol. The summed E-state index contributed by atoms with van der Waals surface area (Å²) in [5.41, 5.74) is 0.0262. The highest BCUT2D eigenvalue weighted by Gasteiger charge is 2.18. The number of aromatic amines is 1. The standard InChI is InChI=1S/C13H10N4O3/c1-7-10-11(18)8(13(19)20)6-15-12(10)17(16-7)9-4-2-3-5-14-9/h2-6H,1H3,(H,15,18)(H,19,20). The summed E-state index contributed by atoms with van der Waals surface area (Å²) in [5.74, 6) is -0.720. The van der Waals surface area contributed by atoms with Gasteiger partial charge >= 0.3 is 5.97 Å². The van der Waals surface area contributed by atoms with Crippen LogP contribution in [0.2, 0.25) is 0 Å². The Balaban J connectivity index is 2.37. The van der Waals surface area contributed by atoms with Gasteiger partial charge in [-0.3, -0.25) is 4.79 Å². The molecule has 0 spiro atoms. The Hall–Kier alpha value is -2.96. The van der Waals surface area contributed by atoms with Crippen LogP contribution >= 0.6 is 0 Å². The zero-order valence-corrected chi connectivity index (χ0v) is 10.5. The molecule has 2 N–H and O–H groups in total. The van der Waals surface area contributed by atoms with Gasteiger partial charge in [-0.05, 0) is 19.1 Å². The maximum absolute atomic E-state index is 12.2. The molecule has 3 aromatic rings. The number of pyridine rings is 2. The normalized spacial score (nSPS) is 10.8. The van der Waals surface area contributed by atoms with E-state index in [4.69, 9.17) is 5.11 Å². The molecule has 3 heterocycles. The molecule has 0 radical (unpaired) electrons. The Bertz CT molecular complexity index is 864. The SMILES string of the molecule is Cc1nn(-c2ccccn2)c2[nH]cc(C(=O)O)c(=O)c12. The first kappa shape index (κ1) is 12.1. The molecule has 7 nitrogen and oxygen atoms in total. The largest absolute Gasteiger partial charge is 0.477 e. The summed E-state index contributed by atoms with van der Waals surface area (Å²) >= 11 is 0. The third-order valence-corrected chi connectivity index (χ3v) is 2.98. The second kappa shape index (κ2) is 4.30. The van der Waals surface area contributed by atoms with E-state index in [1.165, 1.54) is 10.9 Å². The van der Waals surface area contributed by atoms with Crippen molar-refractivity contribution in [2.75, 3.05) is 0 Å². The molecule has 0 bridgehead atoms. The summed E-state index contributed by atoms with van der Waals surface area (Å²) < 4.78 is 1.48. The number of carboxylic acids is 1. The van der Waals surface area contributed by atoms with E-state index in [0.717, 1.165) is 0 Å². The van der Waals surface area contributed by atoms with Crippen LogP contribution in [-0.2, 0) is 0 Å². The van der Waals surface area contributed by atoms with E-state index in [1.807, 2.05) is 0 Å². The van der Waals surface area contributed by atoms with Gasteiger partial charge in [0.15, 0.2) is 5.82 Å². The monoisotopic (exact) mass is 270 g/mol. The van der Waals surface area contributed by atoms with Gasteiger partial charge in [0.1, 0.15) is 11.2 Å². The molecule has 0 aliphatic rings. The molecule has 7 heteroatoms. The molecule has 0 unspecified atom stereocenters. The number of aromatic nitrogens is 4. The highest BCUT2D eigenvalue weighted by atomic mass is 16.4. The lowest BCUT2D eigenvalue weighted by Gasteiger charge is -2.01. The van der Waals surface area contributed by atoms with E-state index in [0.29, 0.717) is 17.2 Å². The number of aromatic carboxylic acids is 1. The number of nitrogens with zero attached hydrogens (tertiary/aromatic N) is 3. The highest BCUT2D eigenvalue weighted by Crippen LogP contribution is 2.16. The Kier molecular flexibility index (Phi) is 2.60. The quantitative estimate of drug-likeness (QED) is 0.726. The predicted molar refractivity (Wildman–Crippen MR) is 71.2 cm³/mol. The van der Waals surface area contributed by atoms with Crippen LogP contribution in [0.5, 0.6) is 0 Å². The van der Waals surface area contributed by atoms with Crippen molar-refractivity contribution in [3.05, 3.63) is 52.1 Å². The van der Waals surface area contributed by atoms with Gasteiger partial charge in [0.25, 0.3) is 0 Å². The average molecular weight is 270 g/mol. The summed E-state index contributed by atoms with van der Waals surface area (Å²) in [7, 11) is 0. The summed E-state index contributed by atoms with van der Waals surface area (Å²) in [5, 5.41) is 13.5. The Morgan fingerprint density at radius 2 is 2.20 bits per heavy atom. The van der Waals surface area contributed by atoms with E-state index in [9.17, 15) is 9.59 Å². The molecule has 0 amide bonds. The minimum atomic E-state index is -1.27. The van der Waals surface area contributed by atoms with Gasteiger partial charge in [-0.25, -0.2) is 9.78 Å². The third-order valence-electron chi connectivity index (χ3n) is 2.98. The fourth-order valence-electron chi connectivity index (χ4n) is 2.08. The topological polar surface area (TPSA) is 101 Å².